The molecule has 7 nitrogen and oxygen atoms in total. The molecule has 9 heteroatoms. The summed E-state index contributed by atoms with van der Waals surface area (Å²) in [6, 6.07) is 9.55. The van der Waals surface area contributed by atoms with Gasteiger partial charge in [-0.2, -0.15) is 4.31 Å². The van der Waals surface area contributed by atoms with Gasteiger partial charge in [-0.3, -0.25) is 4.79 Å². The highest BCUT2D eigenvalue weighted by molar-refractivity contribution is 7.89. The summed E-state index contributed by atoms with van der Waals surface area (Å²) in [5.74, 6) is 0.204. The number of sulfonamides is 1. The second kappa shape index (κ2) is 7.69. The van der Waals surface area contributed by atoms with Gasteiger partial charge >= 0.3 is 0 Å². The van der Waals surface area contributed by atoms with E-state index in [0.29, 0.717) is 42.6 Å². The van der Waals surface area contributed by atoms with Crippen molar-refractivity contribution >= 4 is 27.5 Å². The second-order valence-electron chi connectivity index (χ2n) is 6.88. The molecule has 1 aromatic heterocycles. The number of likely N-dealkylation sites (tertiary alicyclic amines) is 1. The second-order valence-corrected chi connectivity index (χ2v) is 9.22. The number of carbonyl (C=O) groups excluding carboxylic acids is 1. The number of pyridine rings is 1. The largest absolute Gasteiger partial charge is 0.470 e. The lowest BCUT2D eigenvalue weighted by molar-refractivity contribution is 0.0160. The fraction of sp³-hybridized carbons (Fsp3) is 0.368. The molecule has 2 saturated heterocycles. The molecular weight excluding hydrogens is 402 g/mol. The molecule has 1 aromatic carbocycles. The third kappa shape index (κ3) is 3.72. The molecule has 4 rings (SSSR count). The lowest BCUT2D eigenvalue weighted by Crippen LogP contribution is -2.56. The predicted molar refractivity (Wildman–Crippen MR) is 104 cm³/mol. The van der Waals surface area contributed by atoms with Gasteiger partial charge in [0, 0.05) is 24.8 Å². The zero-order valence-electron chi connectivity index (χ0n) is 15.1. The van der Waals surface area contributed by atoms with Crippen LogP contribution < -0.4 is 4.74 Å². The van der Waals surface area contributed by atoms with Crippen LogP contribution in [0.1, 0.15) is 23.2 Å². The third-order valence-corrected chi connectivity index (χ3v) is 7.14. The first kappa shape index (κ1) is 19.2. The molecule has 2 aliphatic heterocycles. The Morgan fingerprint density at radius 2 is 1.79 bits per heavy atom. The Morgan fingerprint density at radius 1 is 1.11 bits per heavy atom. The van der Waals surface area contributed by atoms with Gasteiger partial charge in [0.25, 0.3) is 5.91 Å². The van der Waals surface area contributed by atoms with E-state index in [1.54, 1.807) is 35.4 Å². The molecule has 2 fully saturated rings. The molecule has 0 saturated carbocycles. The monoisotopic (exact) mass is 421 g/mol. The molecule has 0 unspecified atom stereocenters. The van der Waals surface area contributed by atoms with Crippen LogP contribution in [0.5, 0.6) is 5.88 Å². The van der Waals surface area contributed by atoms with E-state index in [1.165, 1.54) is 16.4 Å². The van der Waals surface area contributed by atoms with Crippen molar-refractivity contribution in [2.45, 2.75) is 23.8 Å². The van der Waals surface area contributed by atoms with Gasteiger partial charge < -0.3 is 9.64 Å². The Bertz CT molecular complexity index is 969. The molecule has 0 radical (unpaired) electrons. The predicted octanol–water partition coefficient (Wildman–Crippen LogP) is 2.42. The van der Waals surface area contributed by atoms with Crippen molar-refractivity contribution in [2.75, 3.05) is 26.2 Å². The van der Waals surface area contributed by atoms with Crippen molar-refractivity contribution in [3.05, 3.63) is 53.2 Å². The van der Waals surface area contributed by atoms with E-state index in [-0.39, 0.29) is 16.9 Å². The fourth-order valence-corrected chi connectivity index (χ4v) is 5.01. The Labute approximate surface area is 168 Å². The van der Waals surface area contributed by atoms with Gasteiger partial charge in [-0.25, -0.2) is 13.4 Å². The van der Waals surface area contributed by atoms with Crippen molar-refractivity contribution in [1.29, 1.82) is 0 Å². The number of amides is 1. The Balaban J connectivity index is 1.36. The Morgan fingerprint density at radius 3 is 2.43 bits per heavy atom. The molecular formula is C19H20ClN3O4S. The summed E-state index contributed by atoms with van der Waals surface area (Å²) in [6.45, 7) is 1.97. The fourth-order valence-electron chi connectivity index (χ4n) is 3.32. The summed E-state index contributed by atoms with van der Waals surface area (Å²) in [7, 11) is -3.47. The molecule has 28 heavy (non-hydrogen) atoms. The lowest BCUT2D eigenvalue weighted by atomic mass is 10.1. The number of hydrogen-bond acceptors (Lipinski definition) is 5. The van der Waals surface area contributed by atoms with E-state index < -0.39 is 10.0 Å². The number of ether oxygens (including phenoxy) is 1. The zero-order valence-corrected chi connectivity index (χ0v) is 16.7. The van der Waals surface area contributed by atoms with Gasteiger partial charge in [-0.15, -0.1) is 0 Å². The van der Waals surface area contributed by atoms with Crippen molar-refractivity contribution in [3.63, 3.8) is 0 Å². The molecule has 0 spiro atoms. The topological polar surface area (TPSA) is 79.8 Å². The van der Waals surface area contributed by atoms with E-state index in [0.717, 1.165) is 12.8 Å². The number of aromatic nitrogens is 1. The van der Waals surface area contributed by atoms with Crippen LogP contribution in [-0.4, -0.2) is 60.8 Å². The van der Waals surface area contributed by atoms with Crippen molar-refractivity contribution in [3.8, 4) is 5.88 Å². The number of rotatable bonds is 5. The highest BCUT2D eigenvalue weighted by Gasteiger charge is 2.34. The van der Waals surface area contributed by atoms with E-state index >= 15 is 0 Å². The van der Waals surface area contributed by atoms with Gasteiger partial charge in [0.2, 0.25) is 15.9 Å². The summed E-state index contributed by atoms with van der Waals surface area (Å²) < 4.78 is 32.3. The quantitative estimate of drug-likeness (QED) is 0.740. The highest BCUT2D eigenvalue weighted by Crippen LogP contribution is 2.25. The molecule has 3 heterocycles. The highest BCUT2D eigenvalue weighted by atomic mass is 35.5. The van der Waals surface area contributed by atoms with Crippen LogP contribution in [0.15, 0.2) is 47.5 Å². The maximum Gasteiger partial charge on any atom is 0.254 e. The number of hydrogen-bond donors (Lipinski definition) is 0. The first-order valence-corrected chi connectivity index (χ1v) is 10.9. The minimum absolute atomic E-state index is 0.155. The summed E-state index contributed by atoms with van der Waals surface area (Å²) in [5.41, 5.74) is 0.453. The van der Waals surface area contributed by atoms with Crippen LogP contribution in [0.25, 0.3) is 0 Å². The zero-order chi connectivity index (χ0) is 19.7. The van der Waals surface area contributed by atoms with E-state index in [2.05, 4.69) is 4.98 Å². The first-order chi connectivity index (χ1) is 13.4. The van der Waals surface area contributed by atoms with Crippen molar-refractivity contribution in [1.82, 2.24) is 14.2 Å². The summed E-state index contributed by atoms with van der Waals surface area (Å²) >= 11 is 6.02. The lowest BCUT2D eigenvalue weighted by Gasteiger charge is -2.38. The number of halogens is 1. The maximum atomic E-state index is 12.6. The Hall–Kier alpha value is -2.16. The molecule has 2 aromatic rings. The van der Waals surface area contributed by atoms with E-state index in [4.69, 9.17) is 16.3 Å². The smallest absolute Gasteiger partial charge is 0.254 e. The van der Waals surface area contributed by atoms with Crippen LogP contribution in [-0.2, 0) is 10.0 Å². The molecule has 0 atom stereocenters. The van der Waals surface area contributed by atoms with Gasteiger partial charge in [0.05, 0.1) is 18.0 Å². The van der Waals surface area contributed by atoms with Crippen LogP contribution >= 0.6 is 11.6 Å². The van der Waals surface area contributed by atoms with E-state index in [9.17, 15) is 13.2 Å². The third-order valence-electron chi connectivity index (χ3n) is 4.94. The summed E-state index contributed by atoms with van der Waals surface area (Å²) in [4.78, 5) is 18.5. The summed E-state index contributed by atoms with van der Waals surface area (Å²) in [5, 5.41) is 0.432. The number of nitrogens with zero attached hydrogens (tertiary/aromatic N) is 3. The maximum absolute atomic E-state index is 12.6. The van der Waals surface area contributed by atoms with E-state index in [1.807, 2.05) is 0 Å². The van der Waals surface area contributed by atoms with Crippen LogP contribution in [0.4, 0.5) is 0 Å². The molecule has 1 amide bonds. The number of benzene rings is 1. The number of carbonyl (C=O) groups is 1. The average Bonchev–Trinajstić information content (AvgIpc) is 3.21. The van der Waals surface area contributed by atoms with Gasteiger partial charge in [-0.1, -0.05) is 11.6 Å². The molecule has 0 N–H and O–H groups in total. The van der Waals surface area contributed by atoms with Gasteiger partial charge in [-0.05, 0) is 49.2 Å². The van der Waals surface area contributed by atoms with Crippen LogP contribution in [0.3, 0.4) is 0 Å². The average molecular weight is 422 g/mol. The minimum atomic E-state index is -3.47. The SMILES string of the molecule is O=C(c1ccc(S(=O)(=O)N2CCCC2)cc1)N1CC(Oc2ncccc2Cl)C1. The van der Waals surface area contributed by atoms with Gasteiger partial charge in [0.1, 0.15) is 11.1 Å². The Kier molecular flexibility index (Phi) is 5.27. The molecule has 0 bridgehead atoms. The van der Waals surface area contributed by atoms with Crippen molar-refractivity contribution in [2.24, 2.45) is 0 Å². The molecule has 0 aliphatic carbocycles. The first-order valence-electron chi connectivity index (χ1n) is 9.12. The van der Waals surface area contributed by atoms with Crippen molar-refractivity contribution < 1.29 is 17.9 Å². The standard InChI is InChI=1S/C19H20ClN3O4S/c20-17-4-3-9-21-18(17)27-15-12-22(13-15)19(24)14-5-7-16(8-6-14)28(25,26)23-10-1-2-11-23/h3-9,15H,1-2,10-13H2. The van der Waals surface area contributed by atoms with Gasteiger partial charge in [0.15, 0.2) is 0 Å². The van der Waals surface area contributed by atoms with Crippen LogP contribution in [0.2, 0.25) is 5.02 Å². The minimum Gasteiger partial charge on any atom is -0.470 e. The van der Waals surface area contributed by atoms with Crippen LogP contribution in [0, 0.1) is 0 Å². The molecule has 148 valence electrons. The summed E-state index contributed by atoms with van der Waals surface area (Å²) in [6.07, 6.45) is 3.21. The molecule has 2 aliphatic rings. The normalized spacial score (nSPS) is 18.1.